The standard InChI is InChI=1S/C23H24ClN5O/c24-19-6-3-7-20(17-19)27-15-13-26(14-16-27)11-4-12-28-23(30)29-21-8-2-1-5-18(21)9-10-22(29)25-28/h1-3,5-10,17H,4,11-16H2. The highest BCUT2D eigenvalue weighted by Gasteiger charge is 2.17. The van der Waals surface area contributed by atoms with Gasteiger partial charge in [0.25, 0.3) is 0 Å². The highest BCUT2D eigenvalue weighted by Crippen LogP contribution is 2.21. The SMILES string of the molecule is O=c1n(CCCN2CCN(c3cccc(Cl)c3)CC2)nc2ccc3ccccc3n12. The quantitative estimate of drug-likeness (QED) is 0.494. The van der Waals surface area contributed by atoms with Crippen molar-refractivity contribution in [2.75, 3.05) is 37.6 Å². The number of aryl methyl sites for hydroxylation is 1. The van der Waals surface area contributed by atoms with Crippen LogP contribution in [0.1, 0.15) is 6.42 Å². The Kier molecular flexibility index (Phi) is 5.19. The summed E-state index contributed by atoms with van der Waals surface area (Å²) >= 11 is 6.12. The van der Waals surface area contributed by atoms with E-state index in [2.05, 4.69) is 21.0 Å². The van der Waals surface area contributed by atoms with Gasteiger partial charge in [0.1, 0.15) is 0 Å². The lowest BCUT2D eigenvalue weighted by atomic mass is 10.2. The van der Waals surface area contributed by atoms with E-state index < -0.39 is 0 Å². The molecule has 0 radical (unpaired) electrons. The maximum Gasteiger partial charge on any atom is 0.350 e. The Hall–Kier alpha value is -2.83. The van der Waals surface area contributed by atoms with Crippen molar-refractivity contribution in [3.8, 4) is 0 Å². The minimum absolute atomic E-state index is 0.0624. The zero-order valence-electron chi connectivity index (χ0n) is 16.7. The Morgan fingerprint density at radius 2 is 1.73 bits per heavy atom. The van der Waals surface area contributed by atoms with Crippen LogP contribution in [0.4, 0.5) is 5.69 Å². The normalized spacial score (nSPS) is 15.3. The van der Waals surface area contributed by atoms with Gasteiger partial charge in [0.15, 0.2) is 5.65 Å². The Morgan fingerprint density at radius 1 is 0.900 bits per heavy atom. The largest absolute Gasteiger partial charge is 0.369 e. The molecule has 2 aromatic heterocycles. The number of rotatable bonds is 5. The summed E-state index contributed by atoms with van der Waals surface area (Å²) < 4.78 is 3.31. The minimum Gasteiger partial charge on any atom is -0.369 e. The first-order chi connectivity index (χ1) is 14.7. The second-order valence-electron chi connectivity index (χ2n) is 7.75. The van der Waals surface area contributed by atoms with Crippen LogP contribution in [0.2, 0.25) is 5.02 Å². The molecule has 0 aliphatic carbocycles. The second kappa shape index (κ2) is 8.13. The van der Waals surface area contributed by atoms with Crippen LogP contribution < -0.4 is 10.6 Å². The summed E-state index contributed by atoms with van der Waals surface area (Å²) in [5.41, 5.74) is 2.73. The molecule has 0 bridgehead atoms. The van der Waals surface area contributed by atoms with E-state index in [1.54, 1.807) is 9.08 Å². The highest BCUT2D eigenvalue weighted by atomic mass is 35.5. The summed E-state index contributed by atoms with van der Waals surface area (Å²) in [6, 6.07) is 19.9. The lowest BCUT2D eigenvalue weighted by Crippen LogP contribution is -2.46. The van der Waals surface area contributed by atoms with Gasteiger partial charge < -0.3 is 4.90 Å². The van der Waals surface area contributed by atoms with Crippen LogP contribution in [-0.4, -0.2) is 51.8 Å². The number of para-hydroxylation sites is 1. The lowest BCUT2D eigenvalue weighted by molar-refractivity contribution is 0.248. The van der Waals surface area contributed by atoms with Gasteiger partial charge in [-0.05, 0) is 48.2 Å². The molecule has 154 valence electrons. The number of piperazine rings is 1. The first-order valence-electron chi connectivity index (χ1n) is 10.4. The molecule has 1 saturated heterocycles. The minimum atomic E-state index is -0.0624. The van der Waals surface area contributed by atoms with Crippen molar-refractivity contribution in [2.24, 2.45) is 0 Å². The molecule has 4 aromatic rings. The van der Waals surface area contributed by atoms with Crippen molar-refractivity contribution in [1.29, 1.82) is 0 Å². The van der Waals surface area contributed by atoms with E-state index in [0.29, 0.717) is 12.2 Å². The molecule has 0 atom stereocenters. The van der Waals surface area contributed by atoms with Gasteiger partial charge in [0.05, 0.1) is 5.52 Å². The van der Waals surface area contributed by atoms with E-state index in [4.69, 9.17) is 11.6 Å². The Labute approximate surface area is 179 Å². The van der Waals surface area contributed by atoms with Gasteiger partial charge in [-0.1, -0.05) is 35.9 Å². The summed E-state index contributed by atoms with van der Waals surface area (Å²) in [7, 11) is 0. The Bertz CT molecular complexity index is 1240. The molecule has 0 saturated carbocycles. The number of hydrogen-bond acceptors (Lipinski definition) is 4. The summed E-state index contributed by atoms with van der Waals surface area (Å²) in [6.45, 7) is 5.59. The van der Waals surface area contributed by atoms with Gasteiger partial charge in [-0.3, -0.25) is 4.90 Å². The molecular weight excluding hydrogens is 398 g/mol. The maximum atomic E-state index is 12.9. The fraction of sp³-hybridized carbons (Fsp3) is 0.304. The Balaban J connectivity index is 1.21. The first-order valence-corrected chi connectivity index (χ1v) is 10.8. The average molecular weight is 422 g/mol. The van der Waals surface area contributed by atoms with Gasteiger partial charge in [-0.25, -0.2) is 13.9 Å². The molecule has 30 heavy (non-hydrogen) atoms. The maximum absolute atomic E-state index is 12.9. The third kappa shape index (κ3) is 3.68. The number of benzene rings is 2. The third-order valence-corrected chi connectivity index (χ3v) is 6.08. The zero-order chi connectivity index (χ0) is 20.5. The van der Waals surface area contributed by atoms with E-state index in [9.17, 15) is 4.79 Å². The van der Waals surface area contributed by atoms with Gasteiger partial charge in [-0.15, -0.1) is 5.10 Å². The molecule has 1 aliphatic heterocycles. The van der Waals surface area contributed by atoms with Crippen molar-refractivity contribution in [2.45, 2.75) is 13.0 Å². The van der Waals surface area contributed by atoms with Crippen LogP contribution in [-0.2, 0) is 6.54 Å². The van der Waals surface area contributed by atoms with Crippen LogP contribution in [0.5, 0.6) is 0 Å². The van der Waals surface area contributed by atoms with Crippen LogP contribution >= 0.6 is 11.6 Å². The van der Waals surface area contributed by atoms with Gasteiger partial charge in [0.2, 0.25) is 0 Å². The molecule has 1 fully saturated rings. The van der Waals surface area contributed by atoms with Crippen molar-refractivity contribution in [1.82, 2.24) is 19.1 Å². The smallest absolute Gasteiger partial charge is 0.350 e. The van der Waals surface area contributed by atoms with E-state index in [-0.39, 0.29) is 5.69 Å². The van der Waals surface area contributed by atoms with Crippen molar-refractivity contribution < 1.29 is 0 Å². The number of hydrogen-bond donors (Lipinski definition) is 0. The number of halogens is 1. The van der Waals surface area contributed by atoms with E-state index in [1.807, 2.05) is 54.6 Å². The predicted molar refractivity (Wildman–Crippen MR) is 122 cm³/mol. The van der Waals surface area contributed by atoms with Crippen LogP contribution in [0.25, 0.3) is 16.6 Å². The summed E-state index contributed by atoms with van der Waals surface area (Å²) in [4.78, 5) is 17.7. The molecule has 0 amide bonds. The monoisotopic (exact) mass is 421 g/mol. The summed E-state index contributed by atoms with van der Waals surface area (Å²) in [5, 5.41) is 6.36. The predicted octanol–water partition coefficient (Wildman–Crippen LogP) is 3.51. The van der Waals surface area contributed by atoms with Crippen molar-refractivity contribution in [3.63, 3.8) is 0 Å². The number of anilines is 1. The van der Waals surface area contributed by atoms with Gasteiger partial charge >= 0.3 is 5.69 Å². The van der Waals surface area contributed by atoms with Crippen LogP contribution in [0, 0.1) is 0 Å². The average Bonchev–Trinajstić information content (AvgIpc) is 3.10. The number of aromatic nitrogens is 3. The van der Waals surface area contributed by atoms with Gasteiger partial charge in [0, 0.05) is 50.0 Å². The number of nitrogens with zero attached hydrogens (tertiary/aromatic N) is 5. The number of pyridine rings is 1. The summed E-state index contributed by atoms with van der Waals surface area (Å²) in [5.74, 6) is 0. The third-order valence-electron chi connectivity index (χ3n) is 5.84. The highest BCUT2D eigenvalue weighted by molar-refractivity contribution is 6.30. The van der Waals surface area contributed by atoms with Crippen LogP contribution in [0.3, 0.4) is 0 Å². The fourth-order valence-corrected chi connectivity index (χ4v) is 4.43. The second-order valence-corrected chi connectivity index (χ2v) is 8.19. The van der Waals surface area contributed by atoms with Crippen molar-refractivity contribution in [3.05, 3.63) is 76.2 Å². The topological polar surface area (TPSA) is 45.8 Å². The number of fused-ring (bicyclic) bond motifs is 3. The molecule has 0 N–H and O–H groups in total. The summed E-state index contributed by atoms with van der Waals surface area (Å²) in [6.07, 6.45) is 0.902. The molecule has 3 heterocycles. The molecule has 0 unspecified atom stereocenters. The molecule has 7 heteroatoms. The van der Waals surface area contributed by atoms with Crippen molar-refractivity contribution >= 4 is 33.8 Å². The zero-order valence-corrected chi connectivity index (χ0v) is 17.5. The Morgan fingerprint density at radius 3 is 2.57 bits per heavy atom. The molecular formula is C23H24ClN5O. The van der Waals surface area contributed by atoms with E-state index in [1.165, 1.54) is 5.69 Å². The van der Waals surface area contributed by atoms with Crippen LogP contribution in [0.15, 0.2) is 65.5 Å². The molecule has 0 spiro atoms. The fourth-order valence-electron chi connectivity index (χ4n) is 4.25. The first kappa shape index (κ1) is 19.2. The molecule has 1 aliphatic rings. The van der Waals surface area contributed by atoms with E-state index in [0.717, 1.165) is 55.1 Å². The molecule has 6 nitrogen and oxygen atoms in total. The molecule has 2 aromatic carbocycles. The lowest BCUT2D eigenvalue weighted by Gasteiger charge is -2.36. The van der Waals surface area contributed by atoms with Gasteiger partial charge in [-0.2, -0.15) is 0 Å². The van der Waals surface area contributed by atoms with E-state index >= 15 is 0 Å². The molecule has 5 rings (SSSR count).